The van der Waals surface area contributed by atoms with Gasteiger partial charge in [0, 0.05) is 11.3 Å². The first kappa shape index (κ1) is 7.25. The predicted molar refractivity (Wildman–Crippen MR) is 44.9 cm³/mol. The van der Waals surface area contributed by atoms with Gasteiger partial charge in [-0.3, -0.25) is 0 Å². The lowest BCUT2D eigenvalue weighted by Crippen LogP contribution is -2.17. The summed E-state index contributed by atoms with van der Waals surface area (Å²) in [6.07, 6.45) is 2.54. The minimum atomic E-state index is -0.123. The fourth-order valence-corrected chi connectivity index (χ4v) is 2.54. The Hall–Kier alpha value is -0.410. The SMILES string of the molecule is Cc1nc2c(s1)CC(O)CC2. The van der Waals surface area contributed by atoms with Gasteiger partial charge in [-0.1, -0.05) is 0 Å². The Morgan fingerprint density at radius 1 is 1.64 bits per heavy atom. The number of hydrogen-bond acceptors (Lipinski definition) is 3. The lowest BCUT2D eigenvalue weighted by atomic mass is 10.0. The van der Waals surface area contributed by atoms with E-state index in [9.17, 15) is 5.11 Å². The molecular weight excluding hydrogens is 158 g/mol. The molecule has 0 fully saturated rings. The van der Waals surface area contributed by atoms with Crippen molar-refractivity contribution in [2.24, 2.45) is 0 Å². The van der Waals surface area contributed by atoms with Gasteiger partial charge in [-0.05, 0) is 19.8 Å². The summed E-state index contributed by atoms with van der Waals surface area (Å²) in [6.45, 7) is 2.02. The second-order valence-corrected chi connectivity index (χ2v) is 4.29. The van der Waals surface area contributed by atoms with Crippen molar-refractivity contribution < 1.29 is 5.11 Å². The molecule has 0 saturated heterocycles. The molecule has 1 aromatic rings. The van der Waals surface area contributed by atoms with Crippen LogP contribution in [0.3, 0.4) is 0 Å². The Morgan fingerprint density at radius 2 is 2.45 bits per heavy atom. The number of aryl methyl sites for hydroxylation is 2. The number of aromatic nitrogens is 1. The third kappa shape index (κ3) is 1.30. The van der Waals surface area contributed by atoms with E-state index in [1.165, 1.54) is 10.6 Å². The van der Waals surface area contributed by atoms with Crippen molar-refractivity contribution in [2.75, 3.05) is 0 Å². The smallest absolute Gasteiger partial charge is 0.0900 e. The average Bonchev–Trinajstić information content (AvgIpc) is 2.27. The highest BCUT2D eigenvalue weighted by Gasteiger charge is 2.19. The molecule has 0 bridgehead atoms. The molecule has 2 nitrogen and oxygen atoms in total. The van der Waals surface area contributed by atoms with Gasteiger partial charge in [-0.2, -0.15) is 0 Å². The monoisotopic (exact) mass is 169 g/mol. The first-order chi connectivity index (χ1) is 5.25. The van der Waals surface area contributed by atoms with Gasteiger partial charge >= 0.3 is 0 Å². The van der Waals surface area contributed by atoms with E-state index in [-0.39, 0.29) is 6.10 Å². The molecule has 1 heterocycles. The molecule has 3 heteroatoms. The summed E-state index contributed by atoms with van der Waals surface area (Å²) in [5.74, 6) is 0. The Morgan fingerprint density at radius 3 is 3.27 bits per heavy atom. The molecular formula is C8H11NOS. The summed E-state index contributed by atoms with van der Waals surface area (Å²) in [5.41, 5.74) is 1.22. The van der Waals surface area contributed by atoms with E-state index in [0.29, 0.717) is 0 Å². The van der Waals surface area contributed by atoms with Crippen LogP contribution in [0.25, 0.3) is 0 Å². The highest BCUT2D eigenvalue weighted by molar-refractivity contribution is 7.11. The number of hydrogen-bond donors (Lipinski definition) is 1. The van der Waals surface area contributed by atoms with Gasteiger partial charge < -0.3 is 5.11 Å². The number of rotatable bonds is 0. The Bertz CT molecular complexity index is 269. The van der Waals surface area contributed by atoms with Crippen molar-refractivity contribution >= 4 is 11.3 Å². The number of thiazole rings is 1. The summed E-state index contributed by atoms with van der Waals surface area (Å²) in [7, 11) is 0. The minimum Gasteiger partial charge on any atom is -0.393 e. The predicted octanol–water partition coefficient (Wildman–Crippen LogP) is 1.30. The normalized spacial score (nSPS) is 23.3. The maximum Gasteiger partial charge on any atom is 0.0900 e. The fourth-order valence-electron chi connectivity index (χ4n) is 1.49. The van der Waals surface area contributed by atoms with Crippen LogP contribution in [-0.2, 0) is 12.8 Å². The van der Waals surface area contributed by atoms with E-state index in [1.807, 2.05) is 6.92 Å². The highest BCUT2D eigenvalue weighted by Crippen LogP contribution is 2.26. The van der Waals surface area contributed by atoms with E-state index in [1.54, 1.807) is 11.3 Å². The van der Waals surface area contributed by atoms with E-state index >= 15 is 0 Å². The van der Waals surface area contributed by atoms with Gasteiger partial charge in [-0.25, -0.2) is 4.98 Å². The van der Waals surface area contributed by atoms with Crippen LogP contribution in [0, 0.1) is 6.92 Å². The maximum absolute atomic E-state index is 9.34. The topological polar surface area (TPSA) is 33.1 Å². The number of aliphatic hydroxyl groups excluding tert-OH is 1. The molecule has 1 aromatic heterocycles. The van der Waals surface area contributed by atoms with Gasteiger partial charge in [0.15, 0.2) is 0 Å². The Kier molecular flexibility index (Phi) is 1.69. The zero-order valence-electron chi connectivity index (χ0n) is 6.50. The van der Waals surface area contributed by atoms with Crippen LogP contribution in [0.5, 0.6) is 0 Å². The number of nitrogens with zero attached hydrogens (tertiary/aromatic N) is 1. The van der Waals surface area contributed by atoms with Crippen molar-refractivity contribution in [1.29, 1.82) is 0 Å². The van der Waals surface area contributed by atoms with Crippen LogP contribution in [0.2, 0.25) is 0 Å². The molecule has 1 unspecified atom stereocenters. The summed E-state index contributed by atoms with van der Waals surface area (Å²) in [5, 5.41) is 10.5. The zero-order valence-corrected chi connectivity index (χ0v) is 7.32. The summed E-state index contributed by atoms with van der Waals surface area (Å²) in [6, 6.07) is 0. The lowest BCUT2D eigenvalue weighted by molar-refractivity contribution is 0.159. The van der Waals surface area contributed by atoms with Crippen LogP contribution >= 0.6 is 11.3 Å². The average molecular weight is 169 g/mol. The van der Waals surface area contributed by atoms with E-state index < -0.39 is 0 Å². The third-order valence-electron chi connectivity index (χ3n) is 2.02. The van der Waals surface area contributed by atoms with E-state index in [4.69, 9.17) is 0 Å². The maximum atomic E-state index is 9.34. The van der Waals surface area contributed by atoms with Gasteiger partial charge in [0.05, 0.1) is 16.8 Å². The first-order valence-corrected chi connectivity index (χ1v) is 4.70. The second-order valence-electron chi connectivity index (χ2n) is 3.00. The Labute approximate surface area is 69.9 Å². The third-order valence-corrected chi connectivity index (χ3v) is 3.06. The van der Waals surface area contributed by atoms with E-state index in [0.717, 1.165) is 24.3 Å². The van der Waals surface area contributed by atoms with Crippen LogP contribution < -0.4 is 0 Å². The van der Waals surface area contributed by atoms with Gasteiger partial charge in [-0.15, -0.1) is 11.3 Å². The second kappa shape index (κ2) is 2.57. The quantitative estimate of drug-likeness (QED) is 0.635. The van der Waals surface area contributed by atoms with Crippen LogP contribution in [0.15, 0.2) is 0 Å². The molecule has 0 aliphatic heterocycles. The van der Waals surface area contributed by atoms with E-state index in [2.05, 4.69) is 4.98 Å². The number of fused-ring (bicyclic) bond motifs is 1. The molecule has 0 radical (unpaired) electrons. The van der Waals surface area contributed by atoms with Crippen molar-refractivity contribution in [3.05, 3.63) is 15.6 Å². The summed E-state index contributed by atoms with van der Waals surface area (Å²) >= 11 is 1.72. The van der Waals surface area contributed by atoms with Gasteiger partial charge in [0.1, 0.15) is 0 Å². The molecule has 1 atom stereocenters. The van der Waals surface area contributed by atoms with Crippen LogP contribution in [-0.4, -0.2) is 16.2 Å². The summed E-state index contributed by atoms with van der Waals surface area (Å²) < 4.78 is 0. The Balaban J connectivity index is 2.34. The molecule has 0 aromatic carbocycles. The van der Waals surface area contributed by atoms with Crippen molar-refractivity contribution in [1.82, 2.24) is 4.98 Å². The molecule has 11 heavy (non-hydrogen) atoms. The molecule has 1 aliphatic carbocycles. The lowest BCUT2D eigenvalue weighted by Gasteiger charge is -2.14. The summed E-state index contributed by atoms with van der Waals surface area (Å²) in [4.78, 5) is 5.69. The van der Waals surface area contributed by atoms with Crippen LogP contribution in [0.1, 0.15) is 22.0 Å². The van der Waals surface area contributed by atoms with Gasteiger partial charge in [0.25, 0.3) is 0 Å². The molecule has 0 saturated carbocycles. The first-order valence-electron chi connectivity index (χ1n) is 3.89. The van der Waals surface area contributed by atoms with Crippen molar-refractivity contribution in [2.45, 2.75) is 32.3 Å². The molecule has 0 amide bonds. The molecule has 60 valence electrons. The molecule has 1 aliphatic rings. The largest absolute Gasteiger partial charge is 0.393 e. The fraction of sp³-hybridized carbons (Fsp3) is 0.625. The molecule has 1 N–H and O–H groups in total. The molecule has 2 rings (SSSR count). The van der Waals surface area contributed by atoms with Crippen molar-refractivity contribution in [3.63, 3.8) is 0 Å². The molecule has 0 spiro atoms. The van der Waals surface area contributed by atoms with Crippen molar-refractivity contribution in [3.8, 4) is 0 Å². The standard InChI is InChI=1S/C8H11NOS/c1-5-9-7-3-2-6(10)4-8(7)11-5/h6,10H,2-4H2,1H3. The zero-order chi connectivity index (χ0) is 7.84. The van der Waals surface area contributed by atoms with Gasteiger partial charge in [0.2, 0.25) is 0 Å². The highest BCUT2D eigenvalue weighted by atomic mass is 32.1. The van der Waals surface area contributed by atoms with Crippen LogP contribution in [0.4, 0.5) is 0 Å². The minimum absolute atomic E-state index is 0.123. The number of aliphatic hydroxyl groups is 1.